The molecule has 2 aromatic carbocycles. The van der Waals surface area contributed by atoms with Crippen LogP contribution in [0.15, 0.2) is 51.5 Å². The highest BCUT2D eigenvalue weighted by Gasteiger charge is 2.27. The molecule has 1 heterocycles. The molecule has 8 heteroatoms. The van der Waals surface area contributed by atoms with E-state index in [0.29, 0.717) is 10.0 Å². The van der Waals surface area contributed by atoms with E-state index in [4.69, 9.17) is 20.9 Å². The van der Waals surface area contributed by atoms with Crippen LogP contribution in [-0.4, -0.2) is 23.5 Å². The number of benzene rings is 2. The van der Waals surface area contributed by atoms with Crippen molar-refractivity contribution in [1.29, 1.82) is 0 Å². The number of carbonyl (C=O) groups is 2. The Balaban J connectivity index is 1.85. The number of carbonyl (C=O) groups excluding carboxylic acids is 2. The molecule has 0 aliphatic rings. The lowest BCUT2D eigenvalue weighted by Gasteiger charge is -2.07. The molecule has 0 aliphatic heterocycles. The molecule has 0 spiro atoms. The number of aryl methyl sites for hydroxylation is 1. The topological polar surface area (TPSA) is 69.4 Å². The fourth-order valence-corrected chi connectivity index (χ4v) is 3.23. The lowest BCUT2D eigenvalue weighted by atomic mass is 10.1. The third-order valence-electron chi connectivity index (χ3n) is 3.78. The van der Waals surface area contributed by atoms with Crippen molar-refractivity contribution >= 4 is 39.3 Å². The maximum Gasteiger partial charge on any atom is 0.344 e. The number of hydrogen-bond acceptors (Lipinski definition) is 5. The van der Waals surface area contributed by atoms with Gasteiger partial charge in [-0.2, -0.15) is 0 Å². The van der Waals surface area contributed by atoms with Gasteiger partial charge in [0.2, 0.25) is 5.78 Å². The third kappa shape index (κ3) is 3.94. The van der Waals surface area contributed by atoms with Crippen LogP contribution in [0.2, 0.25) is 5.02 Å². The number of hydrogen-bond donors (Lipinski definition) is 0. The number of nitrogens with zero attached hydrogens (tertiary/aromatic N) is 1. The minimum absolute atomic E-state index is 0.0694. The van der Waals surface area contributed by atoms with Crippen LogP contribution < -0.4 is 0 Å². The molecule has 0 N–H and O–H groups in total. The number of ketones is 1. The Bertz CT molecular complexity index is 1010. The van der Waals surface area contributed by atoms with Crippen LogP contribution in [0.1, 0.15) is 26.5 Å². The number of Topliss-reactive ketones (excluding diaryl/α,β-unsaturated/α-hetero) is 1. The van der Waals surface area contributed by atoms with Gasteiger partial charge in [0.15, 0.2) is 6.61 Å². The quantitative estimate of drug-likeness (QED) is 0.391. The molecular weight excluding hydrogens is 441 g/mol. The smallest absolute Gasteiger partial charge is 0.344 e. The molecule has 3 rings (SSSR count). The van der Waals surface area contributed by atoms with Gasteiger partial charge in [-0.3, -0.25) is 4.79 Å². The van der Waals surface area contributed by atoms with E-state index in [0.717, 1.165) is 0 Å². The largest absolute Gasteiger partial charge is 0.454 e. The summed E-state index contributed by atoms with van der Waals surface area (Å²) in [6, 6.07) is 10.9. The Morgan fingerprint density at radius 3 is 2.67 bits per heavy atom. The summed E-state index contributed by atoms with van der Waals surface area (Å²) in [5.74, 6) is -1.78. The molecule has 138 valence electrons. The second kappa shape index (κ2) is 8.02. The SMILES string of the molecule is Cc1onc(-c2c(F)cccc2Cl)c1C(=O)OCC(=O)c1ccccc1Br. The van der Waals surface area contributed by atoms with E-state index in [2.05, 4.69) is 21.1 Å². The summed E-state index contributed by atoms with van der Waals surface area (Å²) in [4.78, 5) is 24.8. The zero-order valence-corrected chi connectivity index (χ0v) is 16.3. The zero-order valence-electron chi connectivity index (χ0n) is 14.0. The van der Waals surface area contributed by atoms with Crippen molar-refractivity contribution in [3.05, 3.63) is 74.7 Å². The predicted octanol–water partition coefficient (Wildman–Crippen LogP) is 5.24. The molecule has 0 amide bonds. The van der Waals surface area contributed by atoms with E-state index >= 15 is 0 Å². The summed E-state index contributed by atoms with van der Waals surface area (Å²) in [7, 11) is 0. The van der Waals surface area contributed by atoms with Crippen LogP contribution in [0.25, 0.3) is 11.3 Å². The molecule has 0 bridgehead atoms. The number of esters is 1. The Morgan fingerprint density at radius 1 is 1.22 bits per heavy atom. The van der Waals surface area contributed by atoms with Gasteiger partial charge in [0, 0.05) is 10.0 Å². The Kier molecular flexibility index (Phi) is 5.72. The molecule has 1 aromatic heterocycles. The summed E-state index contributed by atoms with van der Waals surface area (Å²) < 4.78 is 24.9. The Morgan fingerprint density at radius 2 is 1.96 bits per heavy atom. The average molecular weight is 453 g/mol. The van der Waals surface area contributed by atoms with E-state index < -0.39 is 24.2 Å². The zero-order chi connectivity index (χ0) is 19.6. The molecule has 0 atom stereocenters. The fraction of sp³-hybridized carbons (Fsp3) is 0.105. The summed E-state index contributed by atoms with van der Waals surface area (Å²) in [5.41, 5.74) is 0.153. The van der Waals surface area contributed by atoms with Crippen molar-refractivity contribution in [1.82, 2.24) is 5.16 Å². The summed E-state index contributed by atoms with van der Waals surface area (Å²) in [6.45, 7) is 0.994. The summed E-state index contributed by atoms with van der Waals surface area (Å²) in [6.07, 6.45) is 0. The van der Waals surface area contributed by atoms with Gasteiger partial charge in [-0.15, -0.1) is 0 Å². The van der Waals surface area contributed by atoms with Crippen molar-refractivity contribution in [2.75, 3.05) is 6.61 Å². The van der Waals surface area contributed by atoms with Crippen molar-refractivity contribution in [3.63, 3.8) is 0 Å². The van der Waals surface area contributed by atoms with Crippen LogP contribution >= 0.6 is 27.5 Å². The van der Waals surface area contributed by atoms with Crippen LogP contribution in [0.4, 0.5) is 4.39 Å². The van der Waals surface area contributed by atoms with Gasteiger partial charge in [-0.25, -0.2) is 9.18 Å². The number of rotatable bonds is 5. The molecule has 0 aliphatic carbocycles. The third-order valence-corrected chi connectivity index (χ3v) is 4.78. The Labute approximate surface area is 167 Å². The molecule has 0 fully saturated rings. The van der Waals surface area contributed by atoms with Gasteiger partial charge in [0.1, 0.15) is 22.8 Å². The van der Waals surface area contributed by atoms with Crippen LogP contribution in [-0.2, 0) is 4.74 Å². The first kappa shape index (κ1) is 19.3. The molecule has 0 unspecified atom stereocenters. The van der Waals surface area contributed by atoms with E-state index in [1.165, 1.54) is 25.1 Å². The second-order valence-corrected chi connectivity index (χ2v) is 6.80. The molecule has 5 nitrogen and oxygen atoms in total. The van der Waals surface area contributed by atoms with Crippen molar-refractivity contribution in [2.24, 2.45) is 0 Å². The van der Waals surface area contributed by atoms with Gasteiger partial charge in [-0.05, 0) is 25.1 Å². The van der Waals surface area contributed by atoms with E-state index in [1.54, 1.807) is 24.3 Å². The normalized spacial score (nSPS) is 10.7. The fourth-order valence-electron chi connectivity index (χ4n) is 2.48. The second-order valence-electron chi connectivity index (χ2n) is 5.54. The van der Waals surface area contributed by atoms with E-state index in [1.807, 2.05) is 0 Å². The average Bonchev–Trinajstić information content (AvgIpc) is 3.01. The maximum absolute atomic E-state index is 14.2. The molecular formula is C19H12BrClFNO4. The van der Waals surface area contributed by atoms with Crippen LogP contribution in [0, 0.1) is 12.7 Å². The lowest BCUT2D eigenvalue weighted by molar-refractivity contribution is 0.0473. The molecule has 3 aromatic rings. The predicted molar refractivity (Wildman–Crippen MR) is 100 cm³/mol. The maximum atomic E-state index is 14.2. The van der Waals surface area contributed by atoms with Crippen LogP contribution in [0.5, 0.6) is 0 Å². The van der Waals surface area contributed by atoms with Crippen molar-refractivity contribution in [3.8, 4) is 11.3 Å². The number of aromatic nitrogens is 1. The monoisotopic (exact) mass is 451 g/mol. The standard InChI is InChI=1S/C19H12BrClFNO4/c1-10-16(18(23-27-10)17-13(21)7-4-8-14(17)22)19(25)26-9-15(24)11-5-2-3-6-12(11)20/h2-8H,9H2,1H3. The van der Waals surface area contributed by atoms with E-state index in [-0.39, 0.29) is 27.6 Å². The van der Waals surface area contributed by atoms with Gasteiger partial charge in [-0.1, -0.05) is 57.0 Å². The van der Waals surface area contributed by atoms with Gasteiger partial charge >= 0.3 is 5.97 Å². The van der Waals surface area contributed by atoms with Gasteiger partial charge < -0.3 is 9.26 Å². The first-order valence-corrected chi connectivity index (χ1v) is 8.92. The first-order valence-electron chi connectivity index (χ1n) is 7.75. The van der Waals surface area contributed by atoms with Gasteiger partial charge in [0.25, 0.3) is 0 Å². The minimum Gasteiger partial charge on any atom is -0.454 e. The van der Waals surface area contributed by atoms with Crippen molar-refractivity contribution < 1.29 is 23.2 Å². The Hall–Kier alpha value is -2.51. The highest BCUT2D eigenvalue weighted by Crippen LogP contribution is 2.33. The number of ether oxygens (including phenoxy) is 1. The molecule has 0 radical (unpaired) electrons. The van der Waals surface area contributed by atoms with Crippen LogP contribution in [0.3, 0.4) is 0 Å². The molecule has 27 heavy (non-hydrogen) atoms. The highest BCUT2D eigenvalue weighted by molar-refractivity contribution is 9.10. The highest BCUT2D eigenvalue weighted by atomic mass is 79.9. The first-order chi connectivity index (χ1) is 12.9. The molecule has 0 saturated heterocycles. The summed E-state index contributed by atoms with van der Waals surface area (Å²) in [5, 5.41) is 3.81. The minimum atomic E-state index is -0.858. The number of halogens is 3. The van der Waals surface area contributed by atoms with Crippen molar-refractivity contribution in [2.45, 2.75) is 6.92 Å². The van der Waals surface area contributed by atoms with E-state index in [9.17, 15) is 14.0 Å². The molecule has 0 saturated carbocycles. The summed E-state index contributed by atoms with van der Waals surface area (Å²) >= 11 is 9.31. The van der Waals surface area contributed by atoms with Gasteiger partial charge in [0.05, 0.1) is 10.6 Å². The lowest BCUT2D eigenvalue weighted by Crippen LogP contribution is -2.15.